The molecule has 0 saturated carbocycles. The van der Waals surface area contributed by atoms with Crippen LogP contribution in [0, 0.1) is 15.9 Å². The lowest BCUT2D eigenvalue weighted by molar-refractivity contribution is -0.384. The van der Waals surface area contributed by atoms with Crippen molar-refractivity contribution in [1.82, 2.24) is 5.32 Å². The van der Waals surface area contributed by atoms with Gasteiger partial charge in [-0.2, -0.15) is 0 Å². The van der Waals surface area contributed by atoms with Crippen LogP contribution >= 0.6 is 11.6 Å². The van der Waals surface area contributed by atoms with Crippen LogP contribution in [0.1, 0.15) is 18.1 Å². The minimum atomic E-state index is -1.01. The van der Waals surface area contributed by atoms with E-state index in [0.29, 0.717) is 16.0 Å². The van der Waals surface area contributed by atoms with Gasteiger partial charge >= 0.3 is 6.03 Å². The van der Waals surface area contributed by atoms with E-state index in [1.807, 2.05) is 0 Å². The summed E-state index contributed by atoms with van der Waals surface area (Å²) in [6.45, 7) is 2.01. The van der Waals surface area contributed by atoms with E-state index >= 15 is 0 Å². The molecule has 0 spiro atoms. The van der Waals surface area contributed by atoms with Crippen LogP contribution < -0.4 is 19.7 Å². The Bertz CT molecular complexity index is 1470. The lowest BCUT2D eigenvalue weighted by Crippen LogP contribution is -2.54. The van der Waals surface area contributed by atoms with Crippen molar-refractivity contribution in [3.63, 3.8) is 0 Å². The van der Waals surface area contributed by atoms with Crippen LogP contribution in [0.3, 0.4) is 0 Å². The van der Waals surface area contributed by atoms with Crippen LogP contribution in [0.5, 0.6) is 11.5 Å². The summed E-state index contributed by atoms with van der Waals surface area (Å²) in [5, 5.41) is 13.0. The van der Waals surface area contributed by atoms with Gasteiger partial charge in [0.15, 0.2) is 11.5 Å². The number of halogens is 2. The Hall–Kier alpha value is -4.77. The number of non-ortho nitro benzene ring substituents is 1. The maximum atomic E-state index is 13.7. The quantitative estimate of drug-likeness (QED) is 0.184. The molecule has 1 N–H and O–H groups in total. The zero-order valence-electron chi connectivity index (χ0n) is 19.8. The first-order valence-corrected chi connectivity index (χ1v) is 11.5. The predicted molar refractivity (Wildman–Crippen MR) is 135 cm³/mol. The van der Waals surface area contributed by atoms with Gasteiger partial charge in [-0.1, -0.05) is 17.7 Å². The fraction of sp³-hybridized carbons (Fsp3) is 0.115. The zero-order valence-corrected chi connectivity index (χ0v) is 20.5. The number of imide groups is 2. The van der Waals surface area contributed by atoms with Crippen molar-refractivity contribution in [3.8, 4) is 11.5 Å². The maximum absolute atomic E-state index is 13.7. The van der Waals surface area contributed by atoms with E-state index in [4.69, 9.17) is 21.1 Å². The number of nitrogens with one attached hydrogen (secondary N) is 1. The van der Waals surface area contributed by atoms with Crippen molar-refractivity contribution in [2.45, 2.75) is 13.5 Å². The zero-order chi connectivity index (χ0) is 27.4. The number of hydrogen-bond donors (Lipinski definition) is 1. The third kappa shape index (κ3) is 5.62. The molecule has 1 aliphatic heterocycles. The first kappa shape index (κ1) is 26.3. The molecule has 12 heteroatoms. The molecular formula is C26H19ClFN3O7. The molecule has 194 valence electrons. The fourth-order valence-corrected chi connectivity index (χ4v) is 3.89. The van der Waals surface area contributed by atoms with Crippen molar-refractivity contribution < 1.29 is 33.2 Å². The van der Waals surface area contributed by atoms with Gasteiger partial charge in [0.2, 0.25) is 0 Å². The van der Waals surface area contributed by atoms with Gasteiger partial charge in [-0.25, -0.2) is 14.1 Å². The molecular weight excluding hydrogens is 521 g/mol. The second-order valence-electron chi connectivity index (χ2n) is 7.91. The monoisotopic (exact) mass is 539 g/mol. The lowest BCUT2D eigenvalue weighted by Gasteiger charge is -2.26. The normalized spacial score (nSPS) is 14.4. The summed E-state index contributed by atoms with van der Waals surface area (Å²) < 4.78 is 25.2. The second kappa shape index (κ2) is 11.1. The first-order chi connectivity index (χ1) is 18.2. The number of anilines is 1. The smallest absolute Gasteiger partial charge is 0.335 e. The van der Waals surface area contributed by atoms with Gasteiger partial charge in [0, 0.05) is 12.1 Å². The summed E-state index contributed by atoms with van der Waals surface area (Å²) in [7, 11) is 0. The highest BCUT2D eigenvalue weighted by molar-refractivity contribution is 6.39. The Kier molecular flexibility index (Phi) is 7.68. The van der Waals surface area contributed by atoms with Gasteiger partial charge in [0.05, 0.1) is 22.2 Å². The molecule has 4 rings (SSSR count). The number of urea groups is 1. The molecule has 4 amide bonds. The molecule has 0 aliphatic carbocycles. The van der Waals surface area contributed by atoms with Crippen molar-refractivity contribution in [2.75, 3.05) is 11.5 Å². The van der Waals surface area contributed by atoms with Crippen molar-refractivity contribution >= 4 is 46.9 Å². The van der Waals surface area contributed by atoms with Gasteiger partial charge in [0.1, 0.15) is 18.0 Å². The molecule has 3 aromatic rings. The van der Waals surface area contributed by atoms with Gasteiger partial charge in [0.25, 0.3) is 17.5 Å². The van der Waals surface area contributed by atoms with E-state index < -0.39 is 28.6 Å². The summed E-state index contributed by atoms with van der Waals surface area (Å²) in [6, 6.07) is 12.5. The highest BCUT2D eigenvalue weighted by Gasteiger charge is 2.37. The number of hydrogen-bond acceptors (Lipinski definition) is 7. The molecule has 0 unspecified atom stereocenters. The third-order valence-corrected chi connectivity index (χ3v) is 5.62. The number of nitrogens with zero attached hydrogens (tertiary/aromatic N) is 2. The molecule has 10 nitrogen and oxygen atoms in total. The summed E-state index contributed by atoms with van der Waals surface area (Å²) >= 11 is 6.44. The Balaban J connectivity index is 1.63. The average molecular weight is 540 g/mol. The van der Waals surface area contributed by atoms with E-state index in [1.165, 1.54) is 42.5 Å². The number of barbiturate groups is 1. The van der Waals surface area contributed by atoms with Gasteiger partial charge in [-0.15, -0.1) is 0 Å². The fourth-order valence-electron chi connectivity index (χ4n) is 3.62. The van der Waals surface area contributed by atoms with Gasteiger partial charge in [-0.05, 0) is 66.6 Å². The number of nitro benzene ring substituents is 1. The van der Waals surface area contributed by atoms with Crippen LogP contribution in [0.25, 0.3) is 6.08 Å². The van der Waals surface area contributed by atoms with Crippen LogP contribution in [0.4, 0.5) is 20.6 Å². The molecule has 3 aromatic carbocycles. The molecule has 1 heterocycles. The SMILES string of the molecule is CCOc1cc(/C=C2\C(=O)NC(=O)N(c3cccc(F)c3)C2=O)cc(Cl)c1OCc1ccc([N+](=O)[O-])cc1. The van der Waals surface area contributed by atoms with Crippen LogP contribution in [0.15, 0.2) is 66.2 Å². The summed E-state index contributed by atoms with van der Waals surface area (Å²) in [5.41, 5.74) is 0.457. The molecule has 0 aromatic heterocycles. The van der Waals surface area contributed by atoms with Crippen LogP contribution in [0.2, 0.25) is 5.02 Å². The largest absolute Gasteiger partial charge is 0.490 e. The van der Waals surface area contributed by atoms with E-state index in [0.717, 1.165) is 12.1 Å². The number of rotatable bonds is 8. The Morgan fingerprint density at radius 3 is 2.47 bits per heavy atom. The topological polar surface area (TPSA) is 128 Å². The van der Waals surface area contributed by atoms with Crippen molar-refractivity contribution in [2.24, 2.45) is 0 Å². The summed E-state index contributed by atoms with van der Waals surface area (Å²) in [4.78, 5) is 48.9. The highest BCUT2D eigenvalue weighted by atomic mass is 35.5. The number of ether oxygens (including phenoxy) is 2. The maximum Gasteiger partial charge on any atom is 0.335 e. The van der Waals surface area contributed by atoms with E-state index in [-0.39, 0.29) is 46.7 Å². The highest BCUT2D eigenvalue weighted by Crippen LogP contribution is 2.38. The second-order valence-corrected chi connectivity index (χ2v) is 8.32. The Morgan fingerprint density at radius 1 is 1.08 bits per heavy atom. The van der Waals surface area contributed by atoms with Crippen LogP contribution in [-0.4, -0.2) is 29.4 Å². The molecule has 1 aliphatic rings. The van der Waals surface area contributed by atoms with E-state index in [1.54, 1.807) is 19.1 Å². The average Bonchev–Trinajstić information content (AvgIpc) is 2.86. The number of benzene rings is 3. The van der Waals surface area contributed by atoms with Crippen molar-refractivity contribution in [1.29, 1.82) is 0 Å². The lowest BCUT2D eigenvalue weighted by atomic mass is 10.1. The third-order valence-electron chi connectivity index (χ3n) is 5.34. The van der Waals surface area contributed by atoms with E-state index in [9.17, 15) is 28.9 Å². The number of amides is 4. The molecule has 1 fully saturated rings. The van der Waals surface area contributed by atoms with Gasteiger partial charge < -0.3 is 9.47 Å². The Labute approximate surface area is 220 Å². The molecule has 0 radical (unpaired) electrons. The molecule has 0 bridgehead atoms. The van der Waals surface area contributed by atoms with Crippen molar-refractivity contribution in [3.05, 3.63) is 98.3 Å². The molecule has 1 saturated heterocycles. The molecule has 38 heavy (non-hydrogen) atoms. The number of nitro groups is 1. The first-order valence-electron chi connectivity index (χ1n) is 11.2. The summed E-state index contributed by atoms with van der Waals surface area (Å²) in [5.74, 6) is -2.14. The van der Waals surface area contributed by atoms with E-state index in [2.05, 4.69) is 5.32 Å². The minimum absolute atomic E-state index is 0.0316. The number of carbonyl (C=O) groups is 3. The number of carbonyl (C=O) groups excluding carboxylic acids is 3. The van der Waals surface area contributed by atoms with Gasteiger partial charge in [-0.3, -0.25) is 25.0 Å². The standard InChI is InChI=1S/C26H19ClFN3O7/c1-2-37-22-12-16(11-21(27)23(22)38-14-15-6-8-18(9-7-15)31(35)36)10-20-24(32)29-26(34)30(25(20)33)19-5-3-4-17(28)13-19/h3-13H,2,14H2,1H3,(H,29,32,34)/b20-10+. The minimum Gasteiger partial charge on any atom is -0.490 e. The Morgan fingerprint density at radius 2 is 1.82 bits per heavy atom. The van der Waals surface area contributed by atoms with Crippen LogP contribution in [-0.2, 0) is 16.2 Å². The predicted octanol–water partition coefficient (Wildman–Crippen LogP) is 5.03. The summed E-state index contributed by atoms with van der Waals surface area (Å²) in [6.07, 6.45) is 1.23. The molecule has 0 atom stereocenters.